The summed E-state index contributed by atoms with van der Waals surface area (Å²) in [5.41, 5.74) is 0.672. The maximum atomic E-state index is 12.9. The van der Waals surface area contributed by atoms with Gasteiger partial charge in [-0.15, -0.1) is 11.3 Å². The van der Waals surface area contributed by atoms with Gasteiger partial charge >= 0.3 is 0 Å². The minimum absolute atomic E-state index is 0.0153. The van der Waals surface area contributed by atoms with E-state index >= 15 is 0 Å². The van der Waals surface area contributed by atoms with Gasteiger partial charge in [-0.3, -0.25) is 14.9 Å². The second-order valence-electron chi connectivity index (χ2n) is 6.94. The highest BCUT2D eigenvalue weighted by Crippen LogP contribution is 2.29. The Balaban J connectivity index is 1.53. The lowest BCUT2D eigenvalue weighted by atomic mass is 10.0. The summed E-state index contributed by atoms with van der Waals surface area (Å²) in [7, 11) is -3.49. The fourth-order valence-corrected chi connectivity index (χ4v) is 6.31. The molecule has 156 valence electrons. The van der Waals surface area contributed by atoms with Crippen LogP contribution in [0.2, 0.25) is 0 Å². The van der Waals surface area contributed by atoms with E-state index in [0.717, 1.165) is 19.3 Å². The van der Waals surface area contributed by atoms with Crippen molar-refractivity contribution in [1.82, 2.24) is 9.62 Å². The third kappa shape index (κ3) is 5.40. The molecule has 1 atom stereocenters. The van der Waals surface area contributed by atoms with Crippen molar-refractivity contribution in [1.29, 1.82) is 0 Å². The van der Waals surface area contributed by atoms with E-state index in [-0.39, 0.29) is 24.1 Å². The van der Waals surface area contributed by atoms with Gasteiger partial charge in [0, 0.05) is 31.3 Å². The minimum atomic E-state index is -3.49. The first-order chi connectivity index (χ1) is 13.9. The van der Waals surface area contributed by atoms with Crippen LogP contribution in [0.3, 0.4) is 0 Å². The number of carbonyl (C=O) groups excluding carboxylic acids is 1. The zero-order chi connectivity index (χ0) is 20.9. The number of sulfonamides is 1. The van der Waals surface area contributed by atoms with Crippen LogP contribution in [0.25, 0.3) is 0 Å². The molecule has 0 radical (unpaired) electrons. The van der Waals surface area contributed by atoms with Crippen LogP contribution in [-0.4, -0.2) is 42.7 Å². The van der Waals surface area contributed by atoms with Crippen molar-refractivity contribution in [2.45, 2.75) is 42.4 Å². The number of hydrogen-bond acceptors (Lipinski definition) is 6. The van der Waals surface area contributed by atoms with E-state index in [2.05, 4.69) is 5.32 Å². The second-order valence-corrected chi connectivity index (χ2v) is 10.0. The van der Waals surface area contributed by atoms with E-state index < -0.39 is 14.9 Å². The van der Waals surface area contributed by atoms with Crippen LogP contribution in [0.15, 0.2) is 46.0 Å². The number of thiophene rings is 1. The van der Waals surface area contributed by atoms with Gasteiger partial charge in [-0.1, -0.05) is 24.6 Å². The summed E-state index contributed by atoms with van der Waals surface area (Å²) in [6, 6.07) is 9.10. The number of non-ortho nitro benzene ring substituents is 1. The van der Waals surface area contributed by atoms with Gasteiger partial charge in [-0.25, -0.2) is 8.42 Å². The Morgan fingerprint density at radius 1 is 1.24 bits per heavy atom. The Kier molecular flexibility index (Phi) is 6.99. The summed E-state index contributed by atoms with van der Waals surface area (Å²) in [4.78, 5) is 22.4. The molecule has 10 heteroatoms. The third-order valence-corrected chi connectivity index (χ3v) is 8.27. The Morgan fingerprint density at radius 3 is 2.66 bits per heavy atom. The van der Waals surface area contributed by atoms with Crippen LogP contribution in [0.5, 0.6) is 0 Å². The van der Waals surface area contributed by atoms with Crippen molar-refractivity contribution in [2.75, 3.05) is 13.1 Å². The van der Waals surface area contributed by atoms with E-state index in [1.807, 2.05) is 0 Å². The number of nitrogens with zero attached hydrogens (tertiary/aromatic N) is 2. The standard InChI is InChI=1S/C19H23N3O5S2/c23-18(14-15-6-8-17(9-7-15)22(24)25)20-11-10-16-4-1-2-12-21(16)29(26,27)19-5-3-13-28-19/h3,5-9,13,16H,1-2,4,10-12,14H2,(H,20,23). The number of nitrogens with one attached hydrogen (secondary N) is 1. The summed E-state index contributed by atoms with van der Waals surface area (Å²) in [5.74, 6) is -0.192. The molecule has 1 amide bonds. The molecule has 0 saturated carbocycles. The van der Waals surface area contributed by atoms with E-state index in [0.29, 0.717) is 29.3 Å². The topological polar surface area (TPSA) is 110 Å². The Labute approximate surface area is 173 Å². The molecule has 1 aliphatic heterocycles. The maximum Gasteiger partial charge on any atom is 0.269 e. The van der Waals surface area contributed by atoms with Crippen LogP contribution in [0, 0.1) is 10.1 Å². The van der Waals surface area contributed by atoms with E-state index in [4.69, 9.17) is 0 Å². The van der Waals surface area contributed by atoms with E-state index in [1.165, 1.54) is 23.5 Å². The molecule has 1 N–H and O–H groups in total. The minimum Gasteiger partial charge on any atom is -0.356 e. The fourth-order valence-electron chi connectivity index (χ4n) is 3.47. The summed E-state index contributed by atoms with van der Waals surface area (Å²) in [5, 5.41) is 15.3. The molecule has 0 aliphatic carbocycles. The van der Waals surface area contributed by atoms with Gasteiger partial charge in [0.05, 0.1) is 11.3 Å². The Bertz CT molecular complexity index is 943. The lowest BCUT2D eigenvalue weighted by Gasteiger charge is -2.34. The molecule has 1 fully saturated rings. The van der Waals surface area contributed by atoms with E-state index in [9.17, 15) is 23.3 Å². The molecule has 29 heavy (non-hydrogen) atoms. The van der Waals surface area contributed by atoms with Crippen molar-refractivity contribution in [3.8, 4) is 0 Å². The van der Waals surface area contributed by atoms with Gasteiger partial charge < -0.3 is 5.32 Å². The molecular formula is C19H23N3O5S2. The summed E-state index contributed by atoms with van der Waals surface area (Å²) in [6.45, 7) is 0.884. The molecule has 0 spiro atoms. The molecule has 1 aromatic carbocycles. The van der Waals surface area contributed by atoms with Crippen LogP contribution < -0.4 is 5.32 Å². The molecule has 0 bridgehead atoms. The number of rotatable bonds is 8. The van der Waals surface area contributed by atoms with Gasteiger partial charge in [0.25, 0.3) is 15.7 Å². The zero-order valence-corrected chi connectivity index (χ0v) is 17.5. The molecule has 1 unspecified atom stereocenters. The number of piperidine rings is 1. The quantitative estimate of drug-likeness (QED) is 0.504. The highest BCUT2D eigenvalue weighted by Gasteiger charge is 2.33. The predicted molar refractivity (Wildman–Crippen MR) is 110 cm³/mol. The molecule has 3 rings (SSSR count). The van der Waals surface area contributed by atoms with Crippen molar-refractivity contribution in [2.24, 2.45) is 0 Å². The molecule has 1 aliphatic rings. The lowest BCUT2D eigenvalue weighted by Crippen LogP contribution is -2.45. The summed E-state index contributed by atoms with van der Waals surface area (Å²) >= 11 is 1.22. The van der Waals surface area contributed by atoms with Gasteiger partial charge in [0.15, 0.2) is 0 Å². The average molecular weight is 438 g/mol. The molecule has 1 aromatic heterocycles. The Hall–Kier alpha value is -2.30. The second kappa shape index (κ2) is 9.47. The van der Waals surface area contributed by atoms with Gasteiger partial charge in [0.2, 0.25) is 5.91 Å². The number of nitro benzene ring substituents is 1. The molecule has 2 aromatic rings. The predicted octanol–water partition coefficient (Wildman–Crippen LogP) is 2.95. The Morgan fingerprint density at radius 2 is 2.00 bits per heavy atom. The highest BCUT2D eigenvalue weighted by molar-refractivity contribution is 7.91. The van der Waals surface area contributed by atoms with Crippen molar-refractivity contribution in [3.05, 3.63) is 57.5 Å². The largest absolute Gasteiger partial charge is 0.356 e. The number of hydrogen-bond donors (Lipinski definition) is 1. The SMILES string of the molecule is O=C(Cc1ccc([N+](=O)[O-])cc1)NCCC1CCCCN1S(=O)(=O)c1cccs1. The van der Waals surface area contributed by atoms with Crippen molar-refractivity contribution >= 4 is 33.0 Å². The smallest absolute Gasteiger partial charge is 0.269 e. The third-order valence-electron chi connectivity index (χ3n) is 4.94. The summed E-state index contributed by atoms with van der Waals surface area (Å²) < 4.78 is 27.7. The van der Waals surface area contributed by atoms with Gasteiger partial charge in [0.1, 0.15) is 4.21 Å². The van der Waals surface area contributed by atoms with Crippen LogP contribution in [-0.2, 0) is 21.2 Å². The lowest BCUT2D eigenvalue weighted by molar-refractivity contribution is -0.384. The van der Waals surface area contributed by atoms with Crippen molar-refractivity contribution in [3.63, 3.8) is 0 Å². The molecular weight excluding hydrogens is 414 g/mol. The monoisotopic (exact) mass is 437 g/mol. The molecule has 2 heterocycles. The normalized spacial score (nSPS) is 17.7. The van der Waals surface area contributed by atoms with Gasteiger partial charge in [-0.05, 0) is 36.3 Å². The fraction of sp³-hybridized carbons (Fsp3) is 0.421. The first kappa shape index (κ1) is 21.4. The molecule has 8 nitrogen and oxygen atoms in total. The average Bonchev–Trinajstić information content (AvgIpc) is 3.24. The number of nitro groups is 1. The van der Waals surface area contributed by atoms with Gasteiger partial charge in [-0.2, -0.15) is 4.31 Å². The highest BCUT2D eigenvalue weighted by atomic mass is 32.2. The van der Waals surface area contributed by atoms with Crippen LogP contribution in [0.1, 0.15) is 31.2 Å². The number of amides is 1. The maximum absolute atomic E-state index is 12.9. The van der Waals surface area contributed by atoms with Crippen molar-refractivity contribution < 1.29 is 18.1 Å². The zero-order valence-electron chi connectivity index (χ0n) is 15.8. The van der Waals surface area contributed by atoms with E-state index in [1.54, 1.807) is 34.0 Å². The molecule has 1 saturated heterocycles. The first-order valence-corrected chi connectivity index (χ1v) is 11.8. The number of benzene rings is 1. The summed E-state index contributed by atoms with van der Waals surface area (Å²) in [6.07, 6.45) is 3.27. The van der Waals surface area contributed by atoms with Crippen LogP contribution in [0.4, 0.5) is 5.69 Å². The first-order valence-electron chi connectivity index (χ1n) is 9.43. The van der Waals surface area contributed by atoms with Crippen LogP contribution >= 0.6 is 11.3 Å². The number of carbonyl (C=O) groups is 1.